The first-order chi connectivity index (χ1) is 15.4. The minimum atomic E-state index is -0.445. The summed E-state index contributed by atoms with van der Waals surface area (Å²) in [5, 5.41) is 3.09. The molecule has 1 N–H and O–H groups in total. The van der Waals surface area contributed by atoms with Crippen LogP contribution in [0.25, 0.3) is 11.2 Å². The van der Waals surface area contributed by atoms with Crippen molar-refractivity contribution in [2.45, 2.75) is 97.8 Å². The standard InChI is InChI=1S/C24H37N5O3/c1-4-6-10-27-15-25-22-21(27)23(31)29(24(32)28(22)11-7-5-2)14-20(30)26-16(3)19-13-17-8-9-18(19)12-17/h15-19H,4-14H2,1-3H3,(H,26,30). The van der Waals surface area contributed by atoms with Gasteiger partial charge in [-0.15, -0.1) is 0 Å². The molecule has 0 aromatic carbocycles. The lowest BCUT2D eigenvalue weighted by Gasteiger charge is -2.28. The van der Waals surface area contributed by atoms with Crippen LogP contribution in [0.2, 0.25) is 0 Å². The molecule has 8 nitrogen and oxygen atoms in total. The average Bonchev–Trinajstić information content (AvgIpc) is 3.51. The molecule has 2 bridgehead atoms. The lowest BCUT2D eigenvalue weighted by molar-refractivity contribution is -0.122. The number of imidazole rings is 1. The van der Waals surface area contributed by atoms with Gasteiger partial charge in [-0.3, -0.25) is 14.2 Å². The molecule has 0 saturated heterocycles. The van der Waals surface area contributed by atoms with Crippen LogP contribution in [0.1, 0.15) is 72.1 Å². The number of carbonyl (C=O) groups excluding carboxylic acids is 1. The van der Waals surface area contributed by atoms with Crippen molar-refractivity contribution >= 4 is 17.1 Å². The van der Waals surface area contributed by atoms with Gasteiger partial charge in [0.05, 0.1) is 6.33 Å². The predicted octanol–water partition coefficient (Wildman–Crippen LogP) is 2.90. The molecule has 2 aliphatic carbocycles. The Morgan fingerprint density at radius 3 is 2.53 bits per heavy atom. The highest BCUT2D eigenvalue weighted by Gasteiger charge is 2.42. The van der Waals surface area contributed by atoms with E-state index in [-0.39, 0.29) is 18.5 Å². The van der Waals surface area contributed by atoms with Crippen LogP contribution in [0.4, 0.5) is 0 Å². The number of hydrogen-bond donors (Lipinski definition) is 1. The molecule has 2 aromatic heterocycles. The van der Waals surface area contributed by atoms with E-state index in [1.807, 2.05) is 4.57 Å². The second kappa shape index (κ2) is 9.63. The highest BCUT2D eigenvalue weighted by atomic mass is 16.2. The van der Waals surface area contributed by atoms with Gasteiger partial charge in [0.15, 0.2) is 11.2 Å². The number of nitrogens with one attached hydrogen (secondary N) is 1. The maximum Gasteiger partial charge on any atom is 0.333 e. The molecule has 4 atom stereocenters. The summed E-state index contributed by atoms with van der Waals surface area (Å²) < 4.78 is 4.50. The van der Waals surface area contributed by atoms with Gasteiger partial charge in [-0.25, -0.2) is 14.3 Å². The highest BCUT2D eigenvalue weighted by Crippen LogP contribution is 2.49. The Bertz CT molecular complexity index is 1080. The summed E-state index contributed by atoms with van der Waals surface area (Å²) in [5.41, 5.74) is -0.0202. The number of aryl methyl sites for hydroxylation is 2. The first kappa shape index (κ1) is 22.8. The van der Waals surface area contributed by atoms with E-state index in [9.17, 15) is 14.4 Å². The fourth-order valence-corrected chi connectivity index (χ4v) is 5.85. The van der Waals surface area contributed by atoms with Gasteiger partial charge in [-0.05, 0) is 56.8 Å². The minimum absolute atomic E-state index is 0.0645. The summed E-state index contributed by atoms with van der Waals surface area (Å²) in [6.07, 6.45) is 10.3. The molecule has 1 amide bonds. The average molecular weight is 444 g/mol. The summed E-state index contributed by atoms with van der Waals surface area (Å²) in [7, 11) is 0. The smallest absolute Gasteiger partial charge is 0.333 e. The molecule has 2 aliphatic rings. The molecule has 2 fully saturated rings. The third kappa shape index (κ3) is 4.28. The van der Waals surface area contributed by atoms with E-state index in [0.717, 1.165) is 36.2 Å². The third-order valence-electron chi connectivity index (χ3n) is 7.60. The first-order valence-corrected chi connectivity index (χ1v) is 12.4. The van der Waals surface area contributed by atoms with E-state index in [4.69, 9.17) is 0 Å². The Morgan fingerprint density at radius 1 is 1.12 bits per heavy atom. The SMILES string of the molecule is CCCCn1cnc2c1c(=O)n(CC(=O)NC(C)C1CC3CCC1C3)c(=O)n2CCCC. The molecule has 176 valence electrons. The van der Waals surface area contributed by atoms with Crippen LogP contribution in [0.5, 0.6) is 0 Å². The van der Waals surface area contributed by atoms with Crippen LogP contribution in [0.3, 0.4) is 0 Å². The first-order valence-electron chi connectivity index (χ1n) is 12.4. The summed E-state index contributed by atoms with van der Waals surface area (Å²) in [5.74, 6) is 1.76. The van der Waals surface area contributed by atoms with Gasteiger partial charge in [0.2, 0.25) is 5.91 Å². The Kier molecular flexibility index (Phi) is 6.86. The second-order valence-electron chi connectivity index (χ2n) is 9.84. The molecule has 0 spiro atoms. The Balaban J connectivity index is 1.61. The number of aromatic nitrogens is 4. The minimum Gasteiger partial charge on any atom is -0.352 e. The molecule has 4 rings (SSSR count). The zero-order chi connectivity index (χ0) is 22.8. The number of nitrogens with zero attached hydrogens (tertiary/aromatic N) is 4. The van der Waals surface area contributed by atoms with E-state index in [0.29, 0.717) is 36.1 Å². The summed E-state index contributed by atoms with van der Waals surface area (Å²) in [6, 6.07) is 0.0645. The molecule has 0 aliphatic heterocycles. The van der Waals surface area contributed by atoms with E-state index in [1.54, 1.807) is 10.9 Å². The molecule has 2 aromatic rings. The summed E-state index contributed by atoms with van der Waals surface area (Å²) in [4.78, 5) is 43.8. The quantitative estimate of drug-likeness (QED) is 0.611. The molecule has 2 heterocycles. The van der Waals surface area contributed by atoms with Crippen LogP contribution in [0.15, 0.2) is 15.9 Å². The van der Waals surface area contributed by atoms with E-state index in [2.05, 4.69) is 31.1 Å². The Hall–Kier alpha value is -2.38. The van der Waals surface area contributed by atoms with Crippen molar-refractivity contribution in [3.63, 3.8) is 0 Å². The summed E-state index contributed by atoms with van der Waals surface area (Å²) >= 11 is 0. The van der Waals surface area contributed by atoms with Crippen molar-refractivity contribution in [1.82, 2.24) is 24.0 Å². The molecule has 8 heteroatoms. The lowest BCUT2D eigenvalue weighted by Crippen LogP contribution is -2.47. The topological polar surface area (TPSA) is 90.9 Å². The monoisotopic (exact) mass is 443 g/mol. The number of fused-ring (bicyclic) bond motifs is 3. The van der Waals surface area contributed by atoms with Crippen LogP contribution in [-0.4, -0.2) is 30.6 Å². The van der Waals surface area contributed by atoms with Gasteiger partial charge in [-0.2, -0.15) is 0 Å². The molecular formula is C24H37N5O3. The van der Waals surface area contributed by atoms with Crippen molar-refractivity contribution in [3.05, 3.63) is 27.2 Å². The number of rotatable bonds is 10. The molecular weight excluding hydrogens is 406 g/mol. The predicted molar refractivity (Wildman–Crippen MR) is 125 cm³/mol. The zero-order valence-electron chi connectivity index (χ0n) is 19.7. The maximum atomic E-state index is 13.3. The fourth-order valence-electron chi connectivity index (χ4n) is 5.85. The summed E-state index contributed by atoms with van der Waals surface area (Å²) in [6.45, 7) is 7.12. The van der Waals surface area contributed by atoms with Gasteiger partial charge in [0.1, 0.15) is 6.54 Å². The van der Waals surface area contributed by atoms with Crippen LogP contribution < -0.4 is 16.6 Å². The van der Waals surface area contributed by atoms with Crippen molar-refractivity contribution in [3.8, 4) is 0 Å². The lowest BCUT2D eigenvalue weighted by atomic mass is 9.84. The third-order valence-corrected chi connectivity index (χ3v) is 7.60. The Labute approximate surface area is 189 Å². The van der Waals surface area contributed by atoms with Gasteiger partial charge in [0.25, 0.3) is 5.56 Å². The number of unbranched alkanes of at least 4 members (excludes halogenated alkanes) is 2. The van der Waals surface area contributed by atoms with E-state index in [1.165, 1.54) is 25.7 Å². The second-order valence-corrected chi connectivity index (χ2v) is 9.84. The molecule has 2 saturated carbocycles. The molecule has 0 radical (unpaired) electrons. The van der Waals surface area contributed by atoms with E-state index < -0.39 is 11.2 Å². The molecule has 4 unspecified atom stereocenters. The normalized spacial score (nSPS) is 23.2. The Morgan fingerprint density at radius 2 is 1.88 bits per heavy atom. The number of carbonyl (C=O) groups is 1. The molecule has 32 heavy (non-hydrogen) atoms. The highest BCUT2D eigenvalue weighted by molar-refractivity contribution is 5.77. The van der Waals surface area contributed by atoms with Crippen LogP contribution >= 0.6 is 0 Å². The number of amides is 1. The van der Waals surface area contributed by atoms with Crippen LogP contribution in [0, 0.1) is 17.8 Å². The van der Waals surface area contributed by atoms with Crippen molar-refractivity contribution in [1.29, 1.82) is 0 Å². The van der Waals surface area contributed by atoms with E-state index >= 15 is 0 Å². The van der Waals surface area contributed by atoms with Gasteiger partial charge in [-0.1, -0.05) is 33.1 Å². The number of hydrogen-bond acceptors (Lipinski definition) is 4. The van der Waals surface area contributed by atoms with Gasteiger partial charge in [0, 0.05) is 19.1 Å². The van der Waals surface area contributed by atoms with Crippen LogP contribution in [-0.2, 0) is 24.4 Å². The van der Waals surface area contributed by atoms with Gasteiger partial charge < -0.3 is 9.88 Å². The zero-order valence-corrected chi connectivity index (χ0v) is 19.7. The van der Waals surface area contributed by atoms with Crippen molar-refractivity contribution in [2.75, 3.05) is 0 Å². The maximum absolute atomic E-state index is 13.3. The fraction of sp³-hybridized carbons (Fsp3) is 0.750. The largest absolute Gasteiger partial charge is 0.352 e. The van der Waals surface area contributed by atoms with Crippen molar-refractivity contribution in [2.24, 2.45) is 17.8 Å². The van der Waals surface area contributed by atoms with Crippen molar-refractivity contribution < 1.29 is 4.79 Å². The van der Waals surface area contributed by atoms with Gasteiger partial charge >= 0.3 is 5.69 Å².